The first kappa shape index (κ1) is 12.6. The summed E-state index contributed by atoms with van der Waals surface area (Å²) in [6, 6.07) is 7.85. The van der Waals surface area contributed by atoms with E-state index in [1.807, 2.05) is 0 Å². The summed E-state index contributed by atoms with van der Waals surface area (Å²) >= 11 is 1.27. The topological polar surface area (TPSA) is 67.5 Å². The smallest absolute Gasteiger partial charge is 0.336 e. The fourth-order valence-electron chi connectivity index (χ4n) is 2.12. The normalized spacial score (nSPS) is 10.8. The van der Waals surface area contributed by atoms with Crippen molar-refractivity contribution in [3.05, 3.63) is 62.1 Å². The van der Waals surface area contributed by atoms with E-state index >= 15 is 0 Å². The third-order valence-electron chi connectivity index (χ3n) is 3.07. The quantitative estimate of drug-likeness (QED) is 0.580. The molecule has 0 atom stereocenters. The SMILES string of the molecule is Cc1cc(=O)oc2c(C(=O)c3cccs3)c(O)ccc12. The number of aromatic hydroxyl groups is 1. The molecule has 0 saturated heterocycles. The number of phenolic OH excluding ortho intramolecular Hbond substituents is 1. The van der Waals surface area contributed by atoms with Crippen LogP contribution in [0.1, 0.15) is 20.8 Å². The van der Waals surface area contributed by atoms with Crippen molar-refractivity contribution < 1.29 is 14.3 Å². The minimum absolute atomic E-state index is 0.0331. The van der Waals surface area contributed by atoms with E-state index in [1.165, 1.54) is 23.5 Å². The standard InChI is InChI=1S/C15H10O4S/c1-8-7-12(17)19-15-9(8)4-5-10(16)13(15)14(18)11-3-2-6-20-11/h2-7,16H,1H3. The average Bonchev–Trinajstić information content (AvgIpc) is 2.91. The fraction of sp³-hybridized carbons (Fsp3) is 0.0667. The average molecular weight is 286 g/mol. The molecule has 0 aliphatic heterocycles. The molecule has 0 amide bonds. The van der Waals surface area contributed by atoms with E-state index in [9.17, 15) is 14.7 Å². The number of rotatable bonds is 2. The molecule has 0 radical (unpaired) electrons. The van der Waals surface area contributed by atoms with Crippen molar-refractivity contribution in [2.24, 2.45) is 0 Å². The molecule has 2 heterocycles. The van der Waals surface area contributed by atoms with E-state index in [1.54, 1.807) is 30.5 Å². The summed E-state index contributed by atoms with van der Waals surface area (Å²) in [5, 5.41) is 12.4. The molecule has 5 heteroatoms. The maximum Gasteiger partial charge on any atom is 0.336 e. The van der Waals surface area contributed by atoms with Crippen molar-refractivity contribution >= 4 is 28.1 Å². The number of phenols is 1. The van der Waals surface area contributed by atoms with Crippen LogP contribution in [0.25, 0.3) is 11.0 Å². The van der Waals surface area contributed by atoms with E-state index < -0.39 is 5.63 Å². The highest BCUT2D eigenvalue weighted by atomic mass is 32.1. The van der Waals surface area contributed by atoms with Crippen molar-refractivity contribution in [2.75, 3.05) is 0 Å². The number of aryl methyl sites for hydroxylation is 1. The first-order valence-electron chi connectivity index (χ1n) is 5.92. The number of carbonyl (C=O) groups is 1. The van der Waals surface area contributed by atoms with Crippen molar-refractivity contribution in [3.8, 4) is 5.75 Å². The molecular formula is C15H10O4S. The highest BCUT2D eigenvalue weighted by Crippen LogP contribution is 2.31. The van der Waals surface area contributed by atoms with E-state index in [0.29, 0.717) is 15.8 Å². The van der Waals surface area contributed by atoms with Gasteiger partial charge < -0.3 is 9.52 Å². The Morgan fingerprint density at radius 1 is 1.30 bits per heavy atom. The molecule has 4 nitrogen and oxygen atoms in total. The number of benzene rings is 1. The zero-order chi connectivity index (χ0) is 14.3. The Balaban J connectivity index is 2.37. The molecule has 2 aromatic heterocycles. The van der Waals surface area contributed by atoms with Crippen LogP contribution in [0.3, 0.4) is 0 Å². The fourth-order valence-corrected chi connectivity index (χ4v) is 2.79. The first-order valence-corrected chi connectivity index (χ1v) is 6.80. The third-order valence-corrected chi connectivity index (χ3v) is 3.94. The second kappa shape index (κ2) is 4.61. The lowest BCUT2D eigenvalue weighted by molar-refractivity contribution is 0.104. The molecule has 0 unspecified atom stereocenters. The Bertz CT molecular complexity index is 859. The Labute approximate surface area is 117 Å². The lowest BCUT2D eigenvalue weighted by Gasteiger charge is -2.07. The van der Waals surface area contributed by atoms with E-state index in [2.05, 4.69) is 0 Å². The van der Waals surface area contributed by atoms with Crippen molar-refractivity contribution in [1.82, 2.24) is 0 Å². The molecule has 0 saturated carbocycles. The Morgan fingerprint density at radius 2 is 2.10 bits per heavy atom. The van der Waals surface area contributed by atoms with Crippen molar-refractivity contribution in [2.45, 2.75) is 6.92 Å². The molecule has 100 valence electrons. The number of ketones is 1. The molecule has 0 bridgehead atoms. The van der Waals surface area contributed by atoms with Gasteiger partial charge in [-0.25, -0.2) is 4.79 Å². The molecule has 0 fully saturated rings. The molecule has 3 rings (SSSR count). The summed E-state index contributed by atoms with van der Waals surface area (Å²) in [6.07, 6.45) is 0. The summed E-state index contributed by atoms with van der Waals surface area (Å²) in [7, 11) is 0. The van der Waals surface area contributed by atoms with Crippen molar-refractivity contribution in [3.63, 3.8) is 0 Å². The molecule has 1 N–H and O–H groups in total. The van der Waals surface area contributed by atoms with Crippen LogP contribution in [0.2, 0.25) is 0 Å². The van der Waals surface area contributed by atoms with Gasteiger partial charge in [0, 0.05) is 11.5 Å². The van der Waals surface area contributed by atoms with Gasteiger partial charge >= 0.3 is 5.63 Å². The minimum atomic E-state index is -0.541. The van der Waals surface area contributed by atoms with Crippen LogP contribution in [0.4, 0.5) is 0 Å². The highest BCUT2D eigenvalue weighted by molar-refractivity contribution is 7.12. The summed E-state index contributed by atoms with van der Waals surface area (Å²) < 4.78 is 5.14. The van der Waals surface area contributed by atoms with Crippen LogP contribution in [0.5, 0.6) is 5.75 Å². The predicted molar refractivity (Wildman–Crippen MR) is 76.6 cm³/mol. The number of hydrogen-bond acceptors (Lipinski definition) is 5. The monoisotopic (exact) mass is 286 g/mol. The minimum Gasteiger partial charge on any atom is -0.507 e. The van der Waals surface area contributed by atoms with Crippen molar-refractivity contribution in [1.29, 1.82) is 0 Å². The lowest BCUT2D eigenvalue weighted by atomic mass is 10.0. The van der Waals surface area contributed by atoms with Gasteiger partial charge in [-0.05, 0) is 36.1 Å². The van der Waals surface area contributed by atoms with Gasteiger partial charge in [-0.3, -0.25) is 4.79 Å². The van der Waals surface area contributed by atoms with Crippen LogP contribution < -0.4 is 5.63 Å². The maximum absolute atomic E-state index is 12.5. The number of thiophene rings is 1. The second-order valence-corrected chi connectivity index (χ2v) is 5.34. The van der Waals surface area contributed by atoms with Crippen LogP contribution in [0.15, 0.2) is 44.9 Å². The molecule has 1 aromatic carbocycles. The summed E-state index contributed by atoms with van der Waals surface area (Å²) in [5.74, 6) is -0.540. The van der Waals surface area contributed by atoms with E-state index in [-0.39, 0.29) is 22.7 Å². The Morgan fingerprint density at radius 3 is 2.80 bits per heavy atom. The maximum atomic E-state index is 12.5. The molecule has 0 aliphatic rings. The summed E-state index contributed by atoms with van der Waals surface area (Å²) in [4.78, 5) is 24.5. The van der Waals surface area contributed by atoms with Gasteiger partial charge in [0.25, 0.3) is 0 Å². The van der Waals surface area contributed by atoms with Gasteiger partial charge in [0.2, 0.25) is 5.78 Å². The third kappa shape index (κ3) is 1.92. The van der Waals surface area contributed by atoms with Crippen LogP contribution in [0, 0.1) is 6.92 Å². The number of carbonyl (C=O) groups excluding carboxylic acids is 1. The van der Waals surface area contributed by atoms with Gasteiger partial charge in [0.1, 0.15) is 11.3 Å². The molecule has 3 aromatic rings. The summed E-state index contributed by atoms with van der Waals surface area (Å²) in [5.41, 5.74) is 0.330. The van der Waals surface area contributed by atoms with E-state index in [4.69, 9.17) is 4.42 Å². The lowest BCUT2D eigenvalue weighted by Crippen LogP contribution is -2.05. The molecule has 20 heavy (non-hydrogen) atoms. The van der Waals surface area contributed by atoms with Gasteiger partial charge in [0.05, 0.1) is 4.88 Å². The first-order chi connectivity index (χ1) is 9.58. The van der Waals surface area contributed by atoms with Gasteiger partial charge in [-0.15, -0.1) is 11.3 Å². The van der Waals surface area contributed by atoms with Gasteiger partial charge in [-0.1, -0.05) is 6.07 Å². The Hall–Kier alpha value is -2.40. The van der Waals surface area contributed by atoms with Crippen LogP contribution in [-0.2, 0) is 0 Å². The van der Waals surface area contributed by atoms with Crippen LogP contribution in [-0.4, -0.2) is 10.9 Å². The molecular weight excluding hydrogens is 276 g/mol. The second-order valence-electron chi connectivity index (χ2n) is 4.39. The largest absolute Gasteiger partial charge is 0.507 e. The zero-order valence-electron chi connectivity index (χ0n) is 10.5. The number of fused-ring (bicyclic) bond motifs is 1. The molecule has 0 spiro atoms. The van der Waals surface area contributed by atoms with Gasteiger partial charge in [-0.2, -0.15) is 0 Å². The molecule has 0 aliphatic carbocycles. The summed E-state index contributed by atoms with van der Waals surface area (Å²) in [6.45, 7) is 1.76. The predicted octanol–water partition coefficient (Wildman–Crippen LogP) is 3.10. The van der Waals surface area contributed by atoms with E-state index in [0.717, 1.165) is 0 Å². The Kier molecular flexibility index (Phi) is 2.91. The zero-order valence-corrected chi connectivity index (χ0v) is 11.4. The highest BCUT2D eigenvalue weighted by Gasteiger charge is 2.20. The van der Waals surface area contributed by atoms with Crippen LogP contribution >= 0.6 is 11.3 Å². The number of hydrogen-bond donors (Lipinski definition) is 1. The van der Waals surface area contributed by atoms with Gasteiger partial charge in [0.15, 0.2) is 5.58 Å².